The molecule has 5 heteroatoms. The Labute approximate surface area is 446 Å². The zero-order valence-corrected chi connectivity index (χ0v) is 45.8. The van der Waals surface area contributed by atoms with Crippen LogP contribution >= 0.6 is 0 Å². The molecule has 0 aliphatic carbocycles. The molecule has 7 aromatic rings. The predicted molar refractivity (Wildman–Crippen MR) is 301 cm³/mol. The van der Waals surface area contributed by atoms with E-state index < -0.39 is 0 Å². The molecule has 0 amide bonds. The number of hydrogen-bond donors (Lipinski definition) is 0. The van der Waals surface area contributed by atoms with Gasteiger partial charge in [0.2, 0.25) is 0 Å². The van der Waals surface area contributed by atoms with Crippen LogP contribution < -0.4 is 9.97 Å². The Morgan fingerprint density at radius 2 is 0.548 bits per heavy atom. The van der Waals surface area contributed by atoms with Crippen molar-refractivity contribution in [3.63, 3.8) is 0 Å². The summed E-state index contributed by atoms with van der Waals surface area (Å²) in [6.07, 6.45) is 21.6. The molecule has 0 N–H and O–H groups in total. The van der Waals surface area contributed by atoms with Gasteiger partial charge < -0.3 is 9.97 Å². The molecular weight excluding hydrogens is 938 g/mol. The number of aryl methyl sites for hydroxylation is 4. The third-order valence-electron chi connectivity index (χ3n) is 13.0. The topological polar surface area (TPSA) is 54.0 Å². The van der Waals surface area contributed by atoms with Gasteiger partial charge >= 0.3 is 19.5 Å². The minimum atomic E-state index is 0. The smallest absolute Gasteiger partial charge is 0.656 e. The molecule has 0 radical (unpaired) electrons. The number of nitrogens with zero attached hydrogens (tertiary/aromatic N) is 4. The van der Waals surface area contributed by atoms with Gasteiger partial charge in [-0.25, -0.2) is 9.97 Å². The zero-order valence-electron chi connectivity index (χ0n) is 42.8. The molecule has 0 spiro atoms. The summed E-state index contributed by atoms with van der Waals surface area (Å²) in [5.41, 5.74) is 17.4. The van der Waals surface area contributed by atoms with E-state index in [0.717, 1.165) is 99.3 Å². The number of fused-ring (bicyclic) bond motifs is 8. The molecule has 0 atom stereocenters. The van der Waals surface area contributed by atoms with Crippen molar-refractivity contribution in [1.29, 1.82) is 0 Å². The van der Waals surface area contributed by atoms with Gasteiger partial charge in [0.25, 0.3) is 0 Å². The largest absolute Gasteiger partial charge is 2.00 e. The number of unbranched alkanes of at least 4 members (excludes halogenated alkanes) is 4. The maximum absolute atomic E-state index is 5.30. The van der Waals surface area contributed by atoms with Gasteiger partial charge in [-0.2, -0.15) is 0 Å². The van der Waals surface area contributed by atoms with Gasteiger partial charge in [0.1, 0.15) is 0 Å². The molecule has 2 aliphatic heterocycles. The minimum Gasteiger partial charge on any atom is -0.656 e. The van der Waals surface area contributed by atoms with Crippen molar-refractivity contribution in [3.8, 4) is 47.4 Å². The SMILES string of the molecule is CCCCc1ccc(C#Cc2c3nc(c(C#Cc4ccc(CCCC)cc4)c4ccc([n-]4)c(C#Cc4ccc(CCCC)cc4)c4ccc([n-]4)c(C#Cc4ccc(CCCC)cc4)c4nc2C=C4)C=C3)cc1.[Zn+2]. The van der Waals surface area contributed by atoms with Gasteiger partial charge in [0, 0.05) is 33.4 Å². The Bertz CT molecular complexity index is 3390. The van der Waals surface area contributed by atoms with Gasteiger partial charge in [-0.1, -0.05) is 174 Å². The van der Waals surface area contributed by atoms with E-state index in [1.165, 1.54) is 22.3 Å². The van der Waals surface area contributed by atoms with Crippen molar-refractivity contribution in [3.05, 3.63) is 211 Å². The Balaban J connectivity index is 0.00000711. The van der Waals surface area contributed by atoms with E-state index in [-0.39, 0.29) is 19.5 Å². The van der Waals surface area contributed by atoms with E-state index >= 15 is 0 Å². The van der Waals surface area contributed by atoms with Crippen LogP contribution in [0.3, 0.4) is 0 Å². The molecule has 4 aromatic carbocycles. The normalized spacial score (nSPS) is 11.0. The first-order chi connectivity index (χ1) is 35.5. The number of benzene rings is 4. The predicted octanol–water partition coefficient (Wildman–Crippen LogP) is 14.9. The molecule has 2 aliphatic rings. The van der Waals surface area contributed by atoms with Gasteiger partial charge in [0.15, 0.2) is 0 Å². The van der Waals surface area contributed by atoms with Crippen LogP contribution in [0.2, 0.25) is 0 Å². The van der Waals surface area contributed by atoms with Crippen LogP contribution in [0.5, 0.6) is 0 Å². The molecule has 0 saturated carbocycles. The van der Waals surface area contributed by atoms with Crippen molar-refractivity contribution in [2.24, 2.45) is 0 Å². The van der Waals surface area contributed by atoms with Crippen LogP contribution in [0.25, 0.3) is 46.4 Å². The number of aromatic nitrogens is 4. The molecule has 3 aromatic heterocycles. The molecule has 0 saturated heterocycles. The fraction of sp³-hybridized carbons (Fsp3) is 0.235. The van der Waals surface area contributed by atoms with Crippen LogP contribution in [0.15, 0.2) is 121 Å². The van der Waals surface area contributed by atoms with Crippen molar-refractivity contribution in [2.75, 3.05) is 0 Å². The third-order valence-corrected chi connectivity index (χ3v) is 13.0. The molecule has 354 valence electrons. The van der Waals surface area contributed by atoms with E-state index in [0.29, 0.717) is 67.1 Å². The van der Waals surface area contributed by atoms with Crippen molar-refractivity contribution in [2.45, 2.75) is 105 Å². The summed E-state index contributed by atoms with van der Waals surface area (Å²) in [6, 6.07) is 42.4. The van der Waals surface area contributed by atoms with E-state index in [2.05, 4.69) is 172 Å². The standard InChI is InChI=1S/C68H60N4.Zn/c1-5-9-13-49-17-25-53(26-18-49)33-37-57-61-41-43-63(69-61)58(38-34-54-27-19-50(20-28-54)14-10-6-2)65-45-47-67(71-65)60(40-36-56-31-23-52(24-32-56)16-12-8-4)68-48-46-66(72-68)59(64-44-42-62(57)70-64)39-35-55-29-21-51(22-30-55)15-11-7-3;/h17-32,41-48H,5-16H2,1-4H3;/q-2;+2. The molecule has 9 rings (SSSR count). The van der Waals surface area contributed by atoms with Crippen molar-refractivity contribution in [1.82, 2.24) is 19.9 Å². The first kappa shape index (κ1) is 51.7. The van der Waals surface area contributed by atoms with Crippen molar-refractivity contribution >= 4 is 46.4 Å². The van der Waals surface area contributed by atoms with Crippen LogP contribution in [0.4, 0.5) is 0 Å². The van der Waals surface area contributed by atoms with Crippen LogP contribution in [0.1, 0.15) is 169 Å². The molecule has 0 fully saturated rings. The zero-order chi connectivity index (χ0) is 49.5. The second-order valence-electron chi connectivity index (χ2n) is 18.6. The Morgan fingerprint density at radius 1 is 0.301 bits per heavy atom. The summed E-state index contributed by atoms with van der Waals surface area (Å²) in [6.45, 7) is 8.89. The molecular formula is C68H60N4Zn. The molecule has 0 unspecified atom stereocenters. The van der Waals surface area contributed by atoms with Gasteiger partial charge in [-0.05, 0) is 152 Å². The summed E-state index contributed by atoms with van der Waals surface area (Å²) >= 11 is 0. The molecule has 73 heavy (non-hydrogen) atoms. The van der Waals surface area contributed by atoms with E-state index in [1.54, 1.807) is 0 Å². The maximum atomic E-state index is 5.30. The Kier molecular flexibility index (Phi) is 18.2. The van der Waals surface area contributed by atoms with Gasteiger partial charge in [-0.3, -0.25) is 0 Å². The molecule has 4 nitrogen and oxygen atoms in total. The third kappa shape index (κ3) is 13.5. The summed E-state index contributed by atoms with van der Waals surface area (Å²) in [5, 5.41) is 0. The summed E-state index contributed by atoms with van der Waals surface area (Å²) < 4.78 is 0. The van der Waals surface area contributed by atoms with Crippen LogP contribution in [-0.2, 0) is 45.2 Å². The molecule has 5 heterocycles. The Hall–Kier alpha value is -7.66. The molecule has 8 bridgehead atoms. The second-order valence-corrected chi connectivity index (χ2v) is 18.6. The maximum Gasteiger partial charge on any atom is 2.00 e. The van der Waals surface area contributed by atoms with Gasteiger partial charge in [0.05, 0.1) is 28.3 Å². The average molecular weight is 999 g/mol. The van der Waals surface area contributed by atoms with Crippen molar-refractivity contribution < 1.29 is 19.5 Å². The van der Waals surface area contributed by atoms with Crippen LogP contribution in [0, 0.1) is 47.4 Å². The summed E-state index contributed by atoms with van der Waals surface area (Å²) in [4.78, 5) is 21.2. The first-order valence-corrected chi connectivity index (χ1v) is 26.0. The number of hydrogen-bond acceptors (Lipinski definition) is 2. The average Bonchev–Trinajstić information content (AvgIpc) is 4.28. The fourth-order valence-corrected chi connectivity index (χ4v) is 8.68. The second kappa shape index (κ2) is 25.6. The number of rotatable bonds is 12. The summed E-state index contributed by atoms with van der Waals surface area (Å²) in [5.74, 6) is 27.9. The summed E-state index contributed by atoms with van der Waals surface area (Å²) in [7, 11) is 0. The quantitative estimate of drug-likeness (QED) is 0.0904. The minimum absolute atomic E-state index is 0. The monoisotopic (exact) mass is 996 g/mol. The van der Waals surface area contributed by atoms with E-state index in [4.69, 9.17) is 19.9 Å². The van der Waals surface area contributed by atoms with Crippen LogP contribution in [-0.4, -0.2) is 9.97 Å². The van der Waals surface area contributed by atoms with E-state index in [1.807, 2.05) is 48.6 Å². The Morgan fingerprint density at radius 3 is 0.836 bits per heavy atom. The first-order valence-electron chi connectivity index (χ1n) is 26.0. The fourth-order valence-electron chi connectivity index (χ4n) is 8.68. The van der Waals surface area contributed by atoms with Gasteiger partial charge in [-0.15, -0.1) is 22.1 Å². The van der Waals surface area contributed by atoms with E-state index in [9.17, 15) is 0 Å².